The number of aromatic amines is 1. The van der Waals surface area contributed by atoms with Gasteiger partial charge in [0, 0.05) is 27.5 Å². The molecule has 21 heavy (non-hydrogen) atoms. The normalized spacial score (nSPS) is 14.1. The molecule has 2 N–H and O–H groups in total. The van der Waals surface area contributed by atoms with E-state index in [1.54, 1.807) is 11.3 Å². The van der Waals surface area contributed by atoms with Crippen molar-refractivity contribution in [1.29, 1.82) is 0 Å². The summed E-state index contributed by atoms with van der Waals surface area (Å²) in [5.41, 5.74) is 2.82. The Labute approximate surface area is 126 Å². The quantitative estimate of drug-likeness (QED) is 0.756. The zero-order valence-electron chi connectivity index (χ0n) is 11.5. The van der Waals surface area contributed by atoms with Gasteiger partial charge in [0.1, 0.15) is 0 Å². The number of carbonyl (C=O) groups is 1. The molecule has 0 atom stereocenters. The van der Waals surface area contributed by atoms with Crippen molar-refractivity contribution in [2.45, 2.75) is 25.7 Å². The predicted molar refractivity (Wildman–Crippen MR) is 85.0 cm³/mol. The van der Waals surface area contributed by atoms with Gasteiger partial charge in [-0.3, -0.25) is 10.1 Å². The van der Waals surface area contributed by atoms with E-state index < -0.39 is 0 Å². The van der Waals surface area contributed by atoms with Crippen LogP contribution >= 0.6 is 11.3 Å². The maximum absolute atomic E-state index is 12.5. The minimum atomic E-state index is -0.0914. The van der Waals surface area contributed by atoms with Crippen LogP contribution in [-0.4, -0.2) is 15.9 Å². The highest BCUT2D eigenvalue weighted by molar-refractivity contribution is 7.15. The molecule has 2 aromatic heterocycles. The van der Waals surface area contributed by atoms with Gasteiger partial charge in [0.05, 0.1) is 5.69 Å². The number of aryl methyl sites for hydroxylation is 2. The summed E-state index contributed by atoms with van der Waals surface area (Å²) >= 11 is 1.61. The average Bonchev–Trinajstić information content (AvgIpc) is 3.12. The first-order valence-corrected chi connectivity index (χ1v) is 7.99. The summed E-state index contributed by atoms with van der Waals surface area (Å²) in [6, 6.07) is 7.63. The van der Waals surface area contributed by atoms with Crippen LogP contribution in [0.2, 0.25) is 0 Å². The summed E-state index contributed by atoms with van der Waals surface area (Å²) in [5, 5.41) is 4.61. The van der Waals surface area contributed by atoms with Crippen LogP contribution in [0, 0.1) is 0 Å². The molecule has 0 saturated carbocycles. The van der Waals surface area contributed by atoms with Crippen molar-refractivity contribution in [3.05, 3.63) is 46.6 Å². The summed E-state index contributed by atoms with van der Waals surface area (Å²) in [7, 11) is 0. The zero-order chi connectivity index (χ0) is 14.2. The third-order valence-corrected chi connectivity index (χ3v) is 4.98. The first-order chi connectivity index (χ1) is 10.3. The van der Waals surface area contributed by atoms with E-state index in [-0.39, 0.29) is 5.91 Å². The topological polar surface area (TPSA) is 57.8 Å². The zero-order valence-corrected chi connectivity index (χ0v) is 12.3. The van der Waals surface area contributed by atoms with Crippen molar-refractivity contribution in [2.75, 3.05) is 5.32 Å². The molecule has 0 spiro atoms. The van der Waals surface area contributed by atoms with Crippen LogP contribution in [0.1, 0.15) is 33.8 Å². The first kappa shape index (κ1) is 12.6. The molecular formula is C16H15N3OS. The van der Waals surface area contributed by atoms with Crippen LogP contribution in [0.3, 0.4) is 0 Å². The number of carbonyl (C=O) groups excluding carboxylic acids is 1. The smallest absolute Gasteiger partial charge is 0.258 e. The highest BCUT2D eigenvalue weighted by Gasteiger charge is 2.17. The molecule has 1 amide bonds. The Kier molecular flexibility index (Phi) is 3.00. The lowest BCUT2D eigenvalue weighted by Gasteiger charge is -2.06. The largest absolute Gasteiger partial charge is 0.361 e. The van der Waals surface area contributed by atoms with Gasteiger partial charge in [-0.2, -0.15) is 0 Å². The number of anilines is 1. The molecule has 0 bridgehead atoms. The third kappa shape index (κ3) is 2.23. The van der Waals surface area contributed by atoms with Gasteiger partial charge < -0.3 is 4.98 Å². The van der Waals surface area contributed by atoms with Gasteiger partial charge in [-0.1, -0.05) is 6.07 Å². The van der Waals surface area contributed by atoms with E-state index >= 15 is 0 Å². The van der Waals surface area contributed by atoms with Crippen LogP contribution in [0.4, 0.5) is 5.13 Å². The van der Waals surface area contributed by atoms with Gasteiger partial charge >= 0.3 is 0 Å². The van der Waals surface area contributed by atoms with E-state index in [4.69, 9.17) is 0 Å². The lowest BCUT2D eigenvalue weighted by atomic mass is 10.0. The second kappa shape index (κ2) is 5.00. The van der Waals surface area contributed by atoms with E-state index in [0.717, 1.165) is 28.9 Å². The van der Waals surface area contributed by atoms with Crippen LogP contribution in [0.25, 0.3) is 10.9 Å². The highest BCUT2D eigenvalue weighted by atomic mass is 32.1. The van der Waals surface area contributed by atoms with E-state index in [2.05, 4.69) is 15.3 Å². The van der Waals surface area contributed by atoms with Gasteiger partial charge in [-0.25, -0.2) is 4.98 Å². The molecule has 4 nitrogen and oxygen atoms in total. The van der Waals surface area contributed by atoms with Crippen molar-refractivity contribution in [2.24, 2.45) is 0 Å². The second-order valence-corrected chi connectivity index (χ2v) is 6.38. The fraction of sp³-hybridized carbons (Fsp3) is 0.250. The van der Waals surface area contributed by atoms with Crippen molar-refractivity contribution in [3.63, 3.8) is 0 Å². The number of fused-ring (bicyclic) bond motifs is 2. The van der Waals surface area contributed by atoms with Gasteiger partial charge in [0.25, 0.3) is 5.91 Å². The molecule has 0 aliphatic heterocycles. The minimum absolute atomic E-state index is 0.0914. The summed E-state index contributed by atoms with van der Waals surface area (Å²) in [6.45, 7) is 0. The number of nitrogens with one attached hydrogen (secondary N) is 2. The summed E-state index contributed by atoms with van der Waals surface area (Å²) in [4.78, 5) is 21.5. The summed E-state index contributed by atoms with van der Waals surface area (Å²) in [5.74, 6) is -0.0914. The Morgan fingerprint density at radius 2 is 2.14 bits per heavy atom. The number of rotatable bonds is 2. The van der Waals surface area contributed by atoms with E-state index in [0.29, 0.717) is 5.56 Å². The fourth-order valence-electron chi connectivity index (χ4n) is 2.85. The van der Waals surface area contributed by atoms with Crippen molar-refractivity contribution in [3.8, 4) is 0 Å². The number of thiazole rings is 1. The number of benzene rings is 1. The molecule has 0 fully saturated rings. The van der Waals surface area contributed by atoms with Crippen molar-refractivity contribution in [1.82, 2.24) is 9.97 Å². The van der Waals surface area contributed by atoms with Crippen LogP contribution in [0.15, 0.2) is 30.5 Å². The van der Waals surface area contributed by atoms with Crippen LogP contribution < -0.4 is 5.32 Å². The van der Waals surface area contributed by atoms with Crippen LogP contribution in [0.5, 0.6) is 0 Å². The molecule has 1 aliphatic carbocycles. The van der Waals surface area contributed by atoms with E-state index in [9.17, 15) is 4.79 Å². The van der Waals surface area contributed by atoms with Gasteiger partial charge in [0.15, 0.2) is 5.13 Å². The Morgan fingerprint density at radius 3 is 3.05 bits per heavy atom. The Balaban J connectivity index is 1.63. The lowest BCUT2D eigenvalue weighted by Crippen LogP contribution is -2.12. The summed E-state index contributed by atoms with van der Waals surface area (Å²) in [6.07, 6.45) is 6.41. The molecule has 0 saturated heterocycles. The minimum Gasteiger partial charge on any atom is -0.361 e. The number of nitrogens with zero attached hydrogens (tertiary/aromatic N) is 1. The molecule has 0 radical (unpaired) electrons. The van der Waals surface area contributed by atoms with Gasteiger partial charge in [-0.05, 0) is 43.9 Å². The van der Waals surface area contributed by atoms with Crippen molar-refractivity contribution >= 4 is 33.3 Å². The molecule has 4 rings (SSSR count). The van der Waals surface area contributed by atoms with Gasteiger partial charge in [0.2, 0.25) is 0 Å². The maximum atomic E-state index is 12.5. The molecule has 2 heterocycles. The summed E-state index contributed by atoms with van der Waals surface area (Å²) < 4.78 is 0. The SMILES string of the molecule is O=C(Nc1nc2c(s1)CCCC2)c1cccc2[nH]ccc12. The number of aromatic nitrogens is 2. The molecule has 106 valence electrons. The monoisotopic (exact) mass is 297 g/mol. The Morgan fingerprint density at radius 1 is 1.24 bits per heavy atom. The molecule has 3 aromatic rings. The molecule has 0 unspecified atom stereocenters. The fourth-order valence-corrected chi connectivity index (χ4v) is 3.90. The second-order valence-electron chi connectivity index (χ2n) is 5.29. The maximum Gasteiger partial charge on any atom is 0.258 e. The van der Waals surface area contributed by atoms with E-state index in [1.807, 2.05) is 30.5 Å². The Hall–Kier alpha value is -2.14. The Bertz CT molecular complexity index is 794. The highest BCUT2D eigenvalue weighted by Crippen LogP contribution is 2.30. The first-order valence-electron chi connectivity index (χ1n) is 7.17. The number of hydrogen-bond acceptors (Lipinski definition) is 3. The average molecular weight is 297 g/mol. The van der Waals surface area contributed by atoms with Gasteiger partial charge in [-0.15, -0.1) is 11.3 Å². The predicted octanol–water partition coefficient (Wildman–Crippen LogP) is 3.76. The molecular weight excluding hydrogens is 282 g/mol. The molecule has 5 heteroatoms. The van der Waals surface area contributed by atoms with Crippen molar-refractivity contribution < 1.29 is 4.79 Å². The molecule has 1 aliphatic rings. The van der Waals surface area contributed by atoms with E-state index in [1.165, 1.54) is 23.4 Å². The number of H-pyrrole nitrogens is 1. The molecule has 1 aromatic carbocycles. The van der Waals surface area contributed by atoms with Crippen LogP contribution in [-0.2, 0) is 12.8 Å². The number of amides is 1. The standard InChI is InChI=1S/C16H15N3OS/c20-15(11-4-3-6-12-10(11)8-9-17-12)19-16-18-13-5-1-2-7-14(13)21-16/h3-4,6,8-9,17H,1-2,5,7H2,(H,18,19,20). The third-order valence-electron chi connectivity index (χ3n) is 3.91. The lowest BCUT2D eigenvalue weighted by molar-refractivity contribution is 0.102. The number of hydrogen-bond donors (Lipinski definition) is 2.